The molecule has 0 saturated heterocycles. The van der Waals surface area contributed by atoms with E-state index < -0.39 is 0 Å². The van der Waals surface area contributed by atoms with E-state index in [-0.39, 0.29) is 18.3 Å². The molecule has 4 bridgehead atoms. The molecule has 0 unspecified atom stereocenters. The molecule has 1 amide bonds. The lowest BCUT2D eigenvalue weighted by molar-refractivity contribution is -0.0482. The van der Waals surface area contributed by atoms with Gasteiger partial charge in [0.2, 0.25) is 0 Å². The van der Waals surface area contributed by atoms with Gasteiger partial charge in [-0.25, -0.2) is 5.43 Å². The van der Waals surface area contributed by atoms with Gasteiger partial charge in [-0.1, -0.05) is 23.7 Å². The summed E-state index contributed by atoms with van der Waals surface area (Å²) < 4.78 is 11.3. The number of halogens is 1. The van der Waals surface area contributed by atoms with Crippen molar-refractivity contribution in [3.63, 3.8) is 0 Å². The van der Waals surface area contributed by atoms with Gasteiger partial charge in [0.25, 0.3) is 0 Å². The first-order chi connectivity index (χ1) is 15.0. The number of hydrazone groups is 1. The van der Waals surface area contributed by atoms with Gasteiger partial charge < -0.3 is 9.15 Å². The fourth-order valence-electron chi connectivity index (χ4n) is 6.58. The number of furan rings is 1. The van der Waals surface area contributed by atoms with Crippen molar-refractivity contribution in [1.29, 1.82) is 0 Å². The molecule has 4 fully saturated rings. The van der Waals surface area contributed by atoms with Crippen LogP contribution in [0.25, 0.3) is 0 Å². The minimum absolute atomic E-state index is 0.200. The summed E-state index contributed by atoms with van der Waals surface area (Å²) in [5.41, 5.74) is 4.09. The normalized spacial score (nSPS) is 29.2. The fourth-order valence-corrected chi connectivity index (χ4v) is 6.77. The van der Waals surface area contributed by atoms with Crippen LogP contribution in [0.4, 0.5) is 0 Å². The zero-order chi connectivity index (χ0) is 21.4. The molecule has 2 aromatic rings. The van der Waals surface area contributed by atoms with Crippen LogP contribution in [0.5, 0.6) is 5.75 Å². The molecule has 5 nitrogen and oxygen atoms in total. The van der Waals surface area contributed by atoms with Crippen molar-refractivity contribution in [2.24, 2.45) is 28.3 Å². The maximum absolute atomic E-state index is 12.5. The van der Waals surface area contributed by atoms with Crippen molar-refractivity contribution in [1.82, 2.24) is 5.43 Å². The molecule has 31 heavy (non-hydrogen) atoms. The van der Waals surface area contributed by atoms with E-state index in [4.69, 9.17) is 20.8 Å². The predicted molar refractivity (Wildman–Crippen MR) is 120 cm³/mol. The molecule has 0 spiro atoms. The van der Waals surface area contributed by atoms with Gasteiger partial charge in [0.05, 0.1) is 5.02 Å². The SMILES string of the molecule is CC(CC12CC3CC(CC(C3)C1)C2)=NNC(=O)c1ccc(COc2ccccc2Cl)o1. The van der Waals surface area contributed by atoms with Crippen molar-refractivity contribution in [3.8, 4) is 5.75 Å². The molecule has 4 saturated carbocycles. The number of ether oxygens (including phenoxy) is 1. The van der Waals surface area contributed by atoms with Crippen LogP contribution in [0.3, 0.4) is 0 Å². The summed E-state index contributed by atoms with van der Waals surface area (Å²) in [5.74, 6) is 3.78. The lowest BCUT2D eigenvalue weighted by Gasteiger charge is -2.57. The van der Waals surface area contributed by atoms with Crippen LogP contribution >= 0.6 is 11.6 Å². The highest BCUT2D eigenvalue weighted by atomic mass is 35.5. The molecular formula is C25H29ClN2O3. The third kappa shape index (κ3) is 4.52. The first-order valence-electron chi connectivity index (χ1n) is 11.3. The molecule has 164 valence electrons. The molecule has 0 aliphatic heterocycles. The van der Waals surface area contributed by atoms with E-state index in [0.29, 0.717) is 21.9 Å². The van der Waals surface area contributed by atoms with Crippen LogP contribution in [0.1, 0.15) is 68.2 Å². The number of benzene rings is 1. The van der Waals surface area contributed by atoms with Crippen LogP contribution in [0.2, 0.25) is 5.02 Å². The molecule has 6 rings (SSSR count). The maximum atomic E-state index is 12.5. The van der Waals surface area contributed by atoms with Gasteiger partial charge in [-0.3, -0.25) is 4.79 Å². The molecule has 6 heteroatoms. The summed E-state index contributed by atoms with van der Waals surface area (Å²) in [6.45, 7) is 2.23. The third-order valence-electron chi connectivity index (χ3n) is 7.24. The van der Waals surface area contributed by atoms with Gasteiger partial charge in [-0.05, 0) is 99.3 Å². The van der Waals surface area contributed by atoms with Gasteiger partial charge in [-0.15, -0.1) is 0 Å². The van der Waals surface area contributed by atoms with Crippen LogP contribution in [-0.4, -0.2) is 11.6 Å². The number of nitrogens with one attached hydrogen (secondary N) is 1. The third-order valence-corrected chi connectivity index (χ3v) is 7.55. The molecule has 4 aliphatic rings. The van der Waals surface area contributed by atoms with E-state index in [0.717, 1.165) is 29.9 Å². The molecular weight excluding hydrogens is 412 g/mol. The van der Waals surface area contributed by atoms with E-state index in [1.54, 1.807) is 24.3 Å². The number of nitrogens with zero attached hydrogens (tertiary/aromatic N) is 1. The Balaban J connectivity index is 1.15. The largest absolute Gasteiger partial charge is 0.484 e. The van der Waals surface area contributed by atoms with E-state index in [2.05, 4.69) is 10.5 Å². The Hall–Kier alpha value is -2.27. The topological polar surface area (TPSA) is 63.8 Å². The quantitative estimate of drug-likeness (QED) is 0.410. The second kappa shape index (κ2) is 8.34. The zero-order valence-corrected chi connectivity index (χ0v) is 18.7. The van der Waals surface area contributed by atoms with Crippen molar-refractivity contribution < 1.29 is 13.9 Å². The van der Waals surface area contributed by atoms with Crippen molar-refractivity contribution in [2.75, 3.05) is 0 Å². The summed E-state index contributed by atoms with van der Waals surface area (Å²) in [6, 6.07) is 10.6. The Labute approximate surface area is 188 Å². The molecule has 0 atom stereocenters. The first kappa shape index (κ1) is 20.6. The maximum Gasteiger partial charge on any atom is 0.307 e. The van der Waals surface area contributed by atoms with Crippen LogP contribution in [0.15, 0.2) is 45.9 Å². The zero-order valence-electron chi connectivity index (χ0n) is 17.9. The van der Waals surface area contributed by atoms with E-state index >= 15 is 0 Å². The van der Waals surface area contributed by atoms with Crippen LogP contribution in [0, 0.1) is 23.2 Å². The number of carbonyl (C=O) groups is 1. The predicted octanol–water partition coefficient (Wildman–Crippen LogP) is 6.22. The van der Waals surface area contributed by atoms with E-state index in [9.17, 15) is 4.79 Å². The Bertz CT molecular complexity index is 961. The molecule has 1 heterocycles. The number of hydrogen-bond donors (Lipinski definition) is 1. The van der Waals surface area contributed by atoms with Gasteiger partial charge in [0.1, 0.15) is 18.1 Å². The summed E-state index contributed by atoms with van der Waals surface area (Å²) in [5, 5.41) is 4.94. The van der Waals surface area contributed by atoms with E-state index in [1.165, 1.54) is 38.5 Å². The Morgan fingerprint density at radius 1 is 1.13 bits per heavy atom. The average molecular weight is 441 g/mol. The number of hydrogen-bond acceptors (Lipinski definition) is 4. The summed E-state index contributed by atoms with van der Waals surface area (Å²) in [7, 11) is 0. The molecule has 4 aliphatic carbocycles. The number of carbonyl (C=O) groups excluding carboxylic acids is 1. The van der Waals surface area contributed by atoms with Gasteiger partial charge in [-0.2, -0.15) is 5.10 Å². The minimum Gasteiger partial charge on any atom is -0.484 e. The summed E-state index contributed by atoms with van der Waals surface area (Å²) in [6.07, 6.45) is 9.33. The highest BCUT2D eigenvalue weighted by Crippen LogP contribution is 2.61. The van der Waals surface area contributed by atoms with Crippen molar-refractivity contribution >= 4 is 23.2 Å². The van der Waals surface area contributed by atoms with Crippen molar-refractivity contribution in [3.05, 3.63) is 52.9 Å². The van der Waals surface area contributed by atoms with Gasteiger partial charge in [0, 0.05) is 5.71 Å². The lowest BCUT2D eigenvalue weighted by Crippen LogP contribution is -2.46. The fraction of sp³-hybridized carbons (Fsp3) is 0.520. The standard InChI is InChI=1S/C25H29ClN2O3/c1-16(11-25-12-17-8-18(13-25)10-19(9-17)14-25)27-28-24(29)23-7-6-20(31-23)15-30-22-5-3-2-4-21(22)26/h2-7,17-19H,8-15H2,1H3,(H,28,29). The Kier molecular flexibility index (Phi) is 5.55. The number of rotatable bonds is 7. The number of amides is 1. The molecule has 0 radical (unpaired) electrons. The summed E-state index contributed by atoms with van der Waals surface area (Å²) >= 11 is 6.09. The second-order valence-corrected chi connectivity index (χ2v) is 10.3. The van der Waals surface area contributed by atoms with Crippen LogP contribution < -0.4 is 10.2 Å². The lowest BCUT2D eigenvalue weighted by atomic mass is 9.48. The van der Waals surface area contributed by atoms with E-state index in [1.807, 2.05) is 19.1 Å². The van der Waals surface area contributed by atoms with Crippen LogP contribution in [-0.2, 0) is 6.61 Å². The highest BCUT2D eigenvalue weighted by Gasteiger charge is 2.50. The molecule has 1 aromatic heterocycles. The Morgan fingerprint density at radius 2 is 1.81 bits per heavy atom. The van der Waals surface area contributed by atoms with Gasteiger partial charge in [0.15, 0.2) is 5.76 Å². The first-order valence-corrected chi connectivity index (χ1v) is 11.7. The highest BCUT2D eigenvalue weighted by molar-refractivity contribution is 6.32. The monoisotopic (exact) mass is 440 g/mol. The molecule has 1 aromatic carbocycles. The second-order valence-electron chi connectivity index (χ2n) is 9.87. The van der Waals surface area contributed by atoms with Gasteiger partial charge >= 0.3 is 5.91 Å². The number of para-hydroxylation sites is 1. The minimum atomic E-state index is -0.339. The smallest absolute Gasteiger partial charge is 0.307 e. The average Bonchev–Trinajstić information content (AvgIpc) is 3.19. The summed E-state index contributed by atoms with van der Waals surface area (Å²) in [4.78, 5) is 12.5. The molecule has 1 N–H and O–H groups in total. The Morgan fingerprint density at radius 3 is 2.48 bits per heavy atom. The van der Waals surface area contributed by atoms with Crippen molar-refractivity contribution in [2.45, 2.75) is 58.5 Å².